The molecule has 0 saturated heterocycles. The van der Waals surface area contributed by atoms with E-state index in [1.165, 1.54) is 17.9 Å². The second kappa shape index (κ2) is 6.67. The molecule has 1 aromatic carbocycles. The van der Waals surface area contributed by atoms with Crippen molar-refractivity contribution in [2.24, 2.45) is 0 Å². The molecule has 2 aromatic rings. The highest BCUT2D eigenvalue weighted by Crippen LogP contribution is 2.21. The largest absolute Gasteiger partial charge is 0.467 e. The number of nitrogens with zero attached hydrogens (tertiary/aromatic N) is 2. The second-order valence-electron chi connectivity index (χ2n) is 4.46. The van der Waals surface area contributed by atoms with Gasteiger partial charge in [0.05, 0.1) is 12.8 Å². The fourth-order valence-corrected chi connectivity index (χ4v) is 2.43. The maximum absolute atomic E-state index is 12.0. The molecule has 21 heavy (non-hydrogen) atoms. The summed E-state index contributed by atoms with van der Waals surface area (Å²) in [5.41, 5.74) is 1.15. The Hall–Kier alpha value is -1.95. The lowest BCUT2D eigenvalue weighted by atomic mass is 10.1. The van der Waals surface area contributed by atoms with E-state index in [0.717, 1.165) is 10.0 Å². The summed E-state index contributed by atoms with van der Waals surface area (Å²) in [6.07, 6.45) is 0.432. The van der Waals surface area contributed by atoms with Gasteiger partial charge in [-0.2, -0.15) is 5.10 Å². The van der Waals surface area contributed by atoms with Gasteiger partial charge in [-0.15, -0.1) is 0 Å². The number of carbonyl (C=O) groups is 1. The standard InChI is InChI=1S/C15H15BrN2O3/c1-3-13(15(20)21-2)18-14(19)8-7-12(17-18)10-5-4-6-11(16)9-10/h4-9,13H,3H2,1-2H3. The Balaban J connectivity index is 2.51. The third kappa shape index (κ3) is 3.39. The van der Waals surface area contributed by atoms with Crippen LogP contribution < -0.4 is 5.56 Å². The van der Waals surface area contributed by atoms with Crippen molar-refractivity contribution in [2.75, 3.05) is 7.11 Å². The van der Waals surface area contributed by atoms with Gasteiger partial charge in [0.1, 0.15) is 0 Å². The molecule has 0 amide bonds. The Kier molecular flexibility index (Phi) is 4.90. The topological polar surface area (TPSA) is 61.2 Å². The molecule has 0 N–H and O–H groups in total. The summed E-state index contributed by atoms with van der Waals surface area (Å²) in [4.78, 5) is 23.7. The van der Waals surface area contributed by atoms with Crippen LogP contribution >= 0.6 is 15.9 Å². The molecule has 0 aliphatic heterocycles. The minimum Gasteiger partial charge on any atom is -0.467 e. The first-order valence-electron chi connectivity index (χ1n) is 6.50. The van der Waals surface area contributed by atoms with E-state index in [-0.39, 0.29) is 5.56 Å². The van der Waals surface area contributed by atoms with Gasteiger partial charge in [0.2, 0.25) is 0 Å². The lowest BCUT2D eigenvalue weighted by molar-refractivity contribution is -0.145. The molecule has 0 saturated carbocycles. The highest BCUT2D eigenvalue weighted by molar-refractivity contribution is 9.10. The van der Waals surface area contributed by atoms with Gasteiger partial charge in [0, 0.05) is 16.1 Å². The highest BCUT2D eigenvalue weighted by atomic mass is 79.9. The van der Waals surface area contributed by atoms with Crippen LogP contribution in [0.15, 0.2) is 45.7 Å². The predicted molar refractivity (Wildman–Crippen MR) is 83.0 cm³/mol. The molecule has 5 nitrogen and oxygen atoms in total. The zero-order valence-electron chi connectivity index (χ0n) is 11.7. The molecular formula is C15H15BrN2O3. The highest BCUT2D eigenvalue weighted by Gasteiger charge is 2.21. The molecule has 6 heteroatoms. The molecule has 1 atom stereocenters. The number of methoxy groups -OCH3 is 1. The van der Waals surface area contributed by atoms with Gasteiger partial charge in [-0.05, 0) is 24.6 Å². The third-order valence-electron chi connectivity index (χ3n) is 3.10. The molecule has 0 aliphatic carbocycles. The lowest BCUT2D eigenvalue weighted by Crippen LogP contribution is -2.32. The van der Waals surface area contributed by atoms with Gasteiger partial charge in [0.15, 0.2) is 6.04 Å². The minimum atomic E-state index is -0.713. The summed E-state index contributed by atoms with van der Waals surface area (Å²) in [5.74, 6) is -0.474. The summed E-state index contributed by atoms with van der Waals surface area (Å²) in [5, 5.41) is 4.31. The molecular weight excluding hydrogens is 336 g/mol. The fourth-order valence-electron chi connectivity index (χ4n) is 2.03. The van der Waals surface area contributed by atoms with Gasteiger partial charge in [0.25, 0.3) is 5.56 Å². The fraction of sp³-hybridized carbons (Fsp3) is 0.267. The van der Waals surface area contributed by atoms with Crippen molar-refractivity contribution in [3.05, 3.63) is 51.2 Å². The molecule has 1 heterocycles. The average Bonchev–Trinajstić information content (AvgIpc) is 2.49. The smallest absolute Gasteiger partial charge is 0.330 e. The Morgan fingerprint density at radius 2 is 2.14 bits per heavy atom. The van der Waals surface area contributed by atoms with E-state index in [9.17, 15) is 9.59 Å². The number of carbonyl (C=O) groups excluding carboxylic acids is 1. The Labute approximate surface area is 130 Å². The lowest BCUT2D eigenvalue weighted by Gasteiger charge is -2.15. The number of hydrogen-bond donors (Lipinski definition) is 0. The van der Waals surface area contributed by atoms with Gasteiger partial charge < -0.3 is 4.74 Å². The van der Waals surface area contributed by atoms with Crippen LogP contribution in [0.3, 0.4) is 0 Å². The molecule has 2 rings (SSSR count). The van der Waals surface area contributed by atoms with Crippen molar-refractivity contribution < 1.29 is 9.53 Å². The number of hydrogen-bond acceptors (Lipinski definition) is 4. The number of ether oxygens (including phenoxy) is 1. The number of aromatic nitrogens is 2. The van der Waals surface area contributed by atoms with Crippen LogP contribution in [0.25, 0.3) is 11.3 Å². The van der Waals surface area contributed by atoms with Gasteiger partial charge >= 0.3 is 5.97 Å². The van der Waals surface area contributed by atoms with Crippen LogP contribution in [0.5, 0.6) is 0 Å². The van der Waals surface area contributed by atoms with E-state index in [1.807, 2.05) is 31.2 Å². The van der Waals surface area contributed by atoms with Crippen molar-refractivity contribution in [2.45, 2.75) is 19.4 Å². The average molecular weight is 351 g/mol. The Morgan fingerprint density at radius 3 is 2.76 bits per heavy atom. The Morgan fingerprint density at radius 1 is 1.38 bits per heavy atom. The van der Waals surface area contributed by atoms with Crippen molar-refractivity contribution in [3.8, 4) is 11.3 Å². The van der Waals surface area contributed by atoms with E-state index in [4.69, 9.17) is 4.74 Å². The second-order valence-corrected chi connectivity index (χ2v) is 5.37. The van der Waals surface area contributed by atoms with Crippen LogP contribution in [0, 0.1) is 0 Å². The van der Waals surface area contributed by atoms with Gasteiger partial charge in [-0.3, -0.25) is 4.79 Å². The first-order chi connectivity index (χ1) is 10.1. The van der Waals surface area contributed by atoms with Crippen molar-refractivity contribution in [1.82, 2.24) is 9.78 Å². The molecule has 0 aliphatic rings. The summed E-state index contributed by atoms with van der Waals surface area (Å²) >= 11 is 3.40. The maximum atomic E-state index is 12.0. The number of esters is 1. The van der Waals surface area contributed by atoms with Gasteiger partial charge in [-0.25, -0.2) is 9.48 Å². The van der Waals surface area contributed by atoms with E-state index in [1.54, 1.807) is 6.07 Å². The first kappa shape index (κ1) is 15.4. The monoisotopic (exact) mass is 350 g/mol. The summed E-state index contributed by atoms with van der Waals surface area (Å²) in [7, 11) is 1.30. The molecule has 110 valence electrons. The molecule has 0 radical (unpaired) electrons. The Bertz CT molecular complexity index is 712. The minimum absolute atomic E-state index is 0.328. The van der Waals surface area contributed by atoms with Crippen LogP contribution in [0.2, 0.25) is 0 Å². The van der Waals surface area contributed by atoms with E-state index >= 15 is 0 Å². The normalized spacial score (nSPS) is 12.0. The zero-order chi connectivity index (χ0) is 15.4. The SMILES string of the molecule is CCC(C(=O)OC)n1nc(-c2cccc(Br)c2)ccc1=O. The molecule has 0 fully saturated rings. The van der Waals surface area contributed by atoms with Crippen LogP contribution in [-0.2, 0) is 9.53 Å². The molecule has 1 unspecified atom stereocenters. The molecule has 0 bridgehead atoms. The van der Waals surface area contributed by atoms with Crippen molar-refractivity contribution in [3.63, 3.8) is 0 Å². The van der Waals surface area contributed by atoms with E-state index < -0.39 is 12.0 Å². The van der Waals surface area contributed by atoms with Crippen LogP contribution in [0.1, 0.15) is 19.4 Å². The van der Waals surface area contributed by atoms with Crippen molar-refractivity contribution >= 4 is 21.9 Å². The van der Waals surface area contributed by atoms with Crippen LogP contribution in [-0.4, -0.2) is 22.9 Å². The van der Waals surface area contributed by atoms with E-state index in [2.05, 4.69) is 21.0 Å². The number of halogens is 1. The van der Waals surface area contributed by atoms with Gasteiger partial charge in [-0.1, -0.05) is 35.0 Å². The number of benzene rings is 1. The number of rotatable bonds is 4. The summed E-state index contributed by atoms with van der Waals surface area (Å²) in [6.45, 7) is 1.81. The summed E-state index contributed by atoms with van der Waals surface area (Å²) < 4.78 is 6.83. The maximum Gasteiger partial charge on any atom is 0.330 e. The predicted octanol–water partition coefficient (Wildman–Crippen LogP) is 2.80. The quantitative estimate of drug-likeness (QED) is 0.795. The summed E-state index contributed by atoms with van der Waals surface area (Å²) in [6, 6.07) is 9.92. The molecule has 1 aromatic heterocycles. The zero-order valence-corrected chi connectivity index (χ0v) is 13.3. The third-order valence-corrected chi connectivity index (χ3v) is 3.59. The molecule has 0 spiro atoms. The van der Waals surface area contributed by atoms with E-state index in [0.29, 0.717) is 12.1 Å². The first-order valence-corrected chi connectivity index (χ1v) is 7.29. The van der Waals surface area contributed by atoms with Crippen molar-refractivity contribution in [1.29, 1.82) is 0 Å². The van der Waals surface area contributed by atoms with Crippen LogP contribution in [0.4, 0.5) is 0 Å².